The number of imidazole rings is 1. The Labute approximate surface area is 217 Å². The Morgan fingerprint density at radius 3 is 2.60 bits per heavy atom. The third-order valence-corrected chi connectivity index (χ3v) is 6.77. The van der Waals surface area contributed by atoms with E-state index in [0.29, 0.717) is 30.3 Å². The molecular weight excluding hydrogens is 481 g/mol. The Balaban J connectivity index is 0.00000289. The molecule has 0 saturated carbocycles. The van der Waals surface area contributed by atoms with Gasteiger partial charge in [-0.05, 0) is 48.7 Å². The van der Waals surface area contributed by atoms with Gasteiger partial charge in [0.1, 0.15) is 11.6 Å². The lowest BCUT2D eigenvalue weighted by atomic mass is 10.1. The number of rotatable bonds is 8. The van der Waals surface area contributed by atoms with Gasteiger partial charge in [0, 0.05) is 31.1 Å². The van der Waals surface area contributed by atoms with Gasteiger partial charge in [-0.15, -0.1) is 12.4 Å². The zero-order valence-electron chi connectivity index (χ0n) is 19.7. The van der Waals surface area contributed by atoms with Crippen LogP contribution >= 0.6 is 24.0 Å². The van der Waals surface area contributed by atoms with E-state index in [4.69, 9.17) is 21.3 Å². The average Bonchev–Trinajstić information content (AvgIpc) is 3.43. The molecule has 0 aliphatic carbocycles. The number of fused-ring (bicyclic) bond motifs is 1. The van der Waals surface area contributed by atoms with E-state index in [1.165, 1.54) is 5.56 Å². The molecule has 1 amide bonds. The van der Waals surface area contributed by atoms with Crippen molar-refractivity contribution in [3.05, 3.63) is 89.2 Å². The molecule has 4 aromatic rings. The highest BCUT2D eigenvalue weighted by Crippen LogP contribution is 2.35. The molecule has 1 aliphatic rings. The van der Waals surface area contributed by atoms with Crippen molar-refractivity contribution in [2.24, 2.45) is 0 Å². The molecule has 1 unspecified atom stereocenters. The number of nitrogens with zero attached hydrogens (tertiary/aromatic N) is 3. The minimum absolute atomic E-state index is 0. The van der Waals surface area contributed by atoms with Crippen LogP contribution in [0.2, 0.25) is 5.02 Å². The van der Waals surface area contributed by atoms with Crippen LogP contribution in [-0.2, 0) is 17.8 Å². The van der Waals surface area contributed by atoms with Crippen molar-refractivity contribution < 1.29 is 9.53 Å². The molecule has 1 aliphatic heterocycles. The maximum absolute atomic E-state index is 13.1. The molecule has 5 nitrogen and oxygen atoms in total. The van der Waals surface area contributed by atoms with Gasteiger partial charge < -0.3 is 14.2 Å². The average molecular weight is 510 g/mol. The van der Waals surface area contributed by atoms with Crippen molar-refractivity contribution in [1.29, 1.82) is 0 Å². The second-order valence-electron chi connectivity index (χ2n) is 8.63. The zero-order valence-corrected chi connectivity index (χ0v) is 21.3. The van der Waals surface area contributed by atoms with E-state index < -0.39 is 0 Å². The van der Waals surface area contributed by atoms with Gasteiger partial charge in [-0.2, -0.15) is 0 Å². The Hall–Kier alpha value is -3.02. The molecule has 1 atom stereocenters. The second kappa shape index (κ2) is 11.1. The van der Waals surface area contributed by atoms with Crippen molar-refractivity contribution in [3.8, 4) is 5.75 Å². The minimum Gasteiger partial charge on any atom is -0.492 e. The van der Waals surface area contributed by atoms with Crippen LogP contribution in [-0.4, -0.2) is 28.6 Å². The van der Waals surface area contributed by atoms with E-state index >= 15 is 0 Å². The second-order valence-corrected chi connectivity index (χ2v) is 9.04. The first-order chi connectivity index (χ1) is 16.7. The molecule has 3 aromatic carbocycles. The number of carbonyl (C=O) groups is 1. The molecule has 182 valence electrons. The van der Waals surface area contributed by atoms with E-state index in [1.54, 1.807) is 0 Å². The smallest absolute Gasteiger partial charge is 0.227 e. The number of para-hydroxylation sites is 4. The van der Waals surface area contributed by atoms with Gasteiger partial charge in [-0.3, -0.25) is 4.79 Å². The quantitative estimate of drug-likeness (QED) is 0.249. The maximum atomic E-state index is 13.1. The van der Waals surface area contributed by atoms with Crippen LogP contribution in [0.4, 0.5) is 5.69 Å². The number of carbonyl (C=O) groups excluding carboxylic acids is 1. The third-order valence-electron chi connectivity index (χ3n) is 6.46. The van der Waals surface area contributed by atoms with Crippen LogP contribution in [0.5, 0.6) is 5.75 Å². The molecule has 0 N–H and O–H groups in total. The van der Waals surface area contributed by atoms with E-state index in [1.807, 2.05) is 65.6 Å². The maximum Gasteiger partial charge on any atom is 0.227 e. The Morgan fingerprint density at radius 1 is 1.03 bits per heavy atom. The number of ether oxygens (including phenoxy) is 1. The van der Waals surface area contributed by atoms with Gasteiger partial charge in [0.2, 0.25) is 5.91 Å². The summed E-state index contributed by atoms with van der Waals surface area (Å²) in [7, 11) is 0. The van der Waals surface area contributed by atoms with Crippen LogP contribution in [0.25, 0.3) is 11.0 Å². The number of hydrogen-bond acceptors (Lipinski definition) is 3. The third kappa shape index (κ3) is 5.16. The summed E-state index contributed by atoms with van der Waals surface area (Å²) in [5.41, 5.74) is 4.27. The lowest BCUT2D eigenvalue weighted by molar-refractivity contribution is -0.117. The first-order valence-corrected chi connectivity index (χ1v) is 12.2. The lowest BCUT2D eigenvalue weighted by Gasteiger charge is -2.20. The first-order valence-electron chi connectivity index (χ1n) is 11.9. The topological polar surface area (TPSA) is 47.4 Å². The molecule has 7 heteroatoms. The molecule has 0 radical (unpaired) electrons. The van der Waals surface area contributed by atoms with Crippen LogP contribution in [0.1, 0.15) is 37.1 Å². The summed E-state index contributed by atoms with van der Waals surface area (Å²) in [5, 5.41) is 0.619. The number of benzene rings is 3. The van der Waals surface area contributed by atoms with Gasteiger partial charge in [0.05, 0.1) is 22.7 Å². The van der Waals surface area contributed by atoms with Crippen LogP contribution in [0.3, 0.4) is 0 Å². The van der Waals surface area contributed by atoms with E-state index in [9.17, 15) is 4.79 Å². The Kier molecular flexibility index (Phi) is 7.99. The highest BCUT2D eigenvalue weighted by atomic mass is 35.5. The predicted molar refractivity (Wildman–Crippen MR) is 144 cm³/mol. The van der Waals surface area contributed by atoms with Crippen LogP contribution < -0.4 is 9.64 Å². The first kappa shape index (κ1) is 25.1. The molecular formula is C28H29Cl2N3O2. The fraction of sp³-hybridized carbons (Fsp3) is 0.286. The SMILES string of the molecule is CCc1ccccc1N1CC(c2nc3ccccc3n2CCCOc2ccccc2Cl)CC1=O.Cl. The number of halogens is 2. The van der Waals surface area contributed by atoms with Crippen molar-refractivity contribution in [2.45, 2.75) is 38.6 Å². The number of anilines is 1. The minimum atomic E-state index is 0. The van der Waals surface area contributed by atoms with E-state index in [0.717, 1.165) is 41.9 Å². The summed E-state index contributed by atoms with van der Waals surface area (Å²) in [6, 6.07) is 23.9. The van der Waals surface area contributed by atoms with Crippen LogP contribution in [0, 0.1) is 0 Å². The summed E-state index contributed by atoms with van der Waals surface area (Å²) >= 11 is 6.21. The molecule has 5 rings (SSSR count). The molecule has 2 heterocycles. The number of hydrogen-bond donors (Lipinski definition) is 0. The molecule has 1 aromatic heterocycles. The number of amides is 1. The summed E-state index contributed by atoms with van der Waals surface area (Å²) < 4.78 is 8.16. The fourth-order valence-electron chi connectivity index (χ4n) is 4.79. The summed E-state index contributed by atoms with van der Waals surface area (Å²) in [5.74, 6) is 1.89. The molecule has 35 heavy (non-hydrogen) atoms. The standard InChI is InChI=1S/C28H28ClN3O2.ClH/c1-2-20-10-3-6-13-24(20)32-19-21(18-27(32)33)28-30-23-12-5-7-14-25(23)31(28)16-9-17-34-26-15-8-4-11-22(26)29;/h3-8,10-15,21H,2,9,16-19H2,1H3;1H. The van der Waals surface area contributed by atoms with Crippen molar-refractivity contribution in [2.75, 3.05) is 18.1 Å². The predicted octanol–water partition coefficient (Wildman–Crippen LogP) is 6.66. The van der Waals surface area contributed by atoms with Gasteiger partial charge in [-0.1, -0.05) is 61.0 Å². The molecule has 1 saturated heterocycles. The molecule has 1 fully saturated rings. The van der Waals surface area contributed by atoms with Gasteiger partial charge in [0.15, 0.2) is 0 Å². The Morgan fingerprint density at radius 2 is 1.77 bits per heavy atom. The highest BCUT2D eigenvalue weighted by Gasteiger charge is 2.35. The summed E-state index contributed by atoms with van der Waals surface area (Å²) in [6.45, 7) is 4.09. The summed E-state index contributed by atoms with van der Waals surface area (Å²) in [4.78, 5) is 20.0. The normalized spacial score (nSPS) is 15.4. The van der Waals surface area contributed by atoms with Crippen molar-refractivity contribution >= 4 is 46.6 Å². The zero-order chi connectivity index (χ0) is 23.5. The highest BCUT2D eigenvalue weighted by molar-refractivity contribution is 6.32. The molecule has 0 bridgehead atoms. The van der Waals surface area contributed by atoms with Gasteiger partial charge >= 0.3 is 0 Å². The fourth-order valence-corrected chi connectivity index (χ4v) is 4.98. The monoisotopic (exact) mass is 509 g/mol. The van der Waals surface area contributed by atoms with Crippen molar-refractivity contribution in [3.63, 3.8) is 0 Å². The van der Waals surface area contributed by atoms with Gasteiger partial charge in [-0.25, -0.2) is 4.98 Å². The number of aromatic nitrogens is 2. The molecule has 0 spiro atoms. The summed E-state index contributed by atoms with van der Waals surface area (Å²) in [6.07, 6.45) is 2.17. The largest absolute Gasteiger partial charge is 0.492 e. The number of aryl methyl sites for hydroxylation is 2. The van der Waals surface area contributed by atoms with Gasteiger partial charge in [0.25, 0.3) is 0 Å². The lowest BCUT2D eigenvalue weighted by Crippen LogP contribution is -2.25. The van der Waals surface area contributed by atoms with Crippen LogP contribution in [0.15, 0.2) is 72.8 Å². The van der Waals surface area contributed by atoms with Crippen molar-refractivity contribution in [1.82, 2.24) is 9.55 Å². The van der Waals surface area contributed by atoms with E-state index in [-0.39, 0.29) is 24.2 Å². The van der Waals surface area contributed by atoms with E-state index in [2.05, 4.69) is 23.6 Å². The Bertz CT molecular complexity index is 1320.